The van der Waals surface area contributed by atoms with Crippen LogP contribution in [0.1, 0.15) is 12.5 Å². The van der Waals surface area contributed by atoms with E-state index in [9.17, 15) is 14.0 Å². The van der Waals surface area contributed by atoms with Crippen molar-refractivity contribution >= 4 is 29.2 Å². The molecule has 0 aliphatic rings. The molecule has 0 saturated carbocycles. The number of carbonyl (C=O) groups excluding carboxylic acids is 2. The lowest BCUT2D eigenvalue weighted by molar-refractivity contribution is -0.153. The van der Waals surface area contributed by atoms with Crippen LogP contribution in [0, 0.1) is 12.7 Å². The highest BCUT2D eigenvalue weighted by Gasteiger charge is 2.18. The first kappa shape index (κ1) is 18.7. The van der Waals surface area contributed by atoms with Gasteiger partial charge in [0, 0.05) is 10.7 Å². The van der Waals surface area contributed by atoms with Crippen molar-refractivity contribution in [3.05, 3.63) is 58.9 Å². The summed E-state index contributed by atoms with van der Waals surface area (Å²) in [4.78, 5) is 23.8. The van der Waals surface area contributed by atoms with Crippen molar-refractivity contribution in [2.45, 2.75) is 20.0 Å². The lowest BCUT2D eigenvalue weighted by atomic mass is 10.2. The molecule has 5 nitrogen and oxygen atoms in total. The van der Waals surface area contributed by atoms with Crippen molar-refractivity contribution in [1.82, 2.24) is 0 Å². The predicted octanol–water partition coefficient (Wildman–Crippen LogP) is 3.74. The molecule has 1 atom stereocenters. The Labute approximate surface area is 149 Å². The zero-order valence-corrected chi connectivity index (χ0v) is 14.5. The molecule has 1 N–H and O–H groups in total. The van der Waals surface area contributed by atoms with Crippen LogP contribution in [-0.2, 0) is 14.3 Å². The molecule has 0 heterocycles. The van der Waals surface area contributed by atoms with Gasteiger partial charge in [0.2, 0.25) is 0 Å². The third-order valence-electron chi connectivity index (χ3n) is 3.28. The molecular weight excluding hydrogens is 349 g/mol. The molecule has 0 aromatic heterocycles. The van der Waals surface area contributed by atoms with E-state index in [0.29, 0.717) is 16.5 Å². The fourth-order valence-corrected chi connectivity index (χ4v) is 2.11. The van der Waals surface area contributed by atoms with Crippen LogP contribution in [0.15, 0.2) is 42.5 Å². The van der Waals surface area contributed by atoms with Gasteiger partial charge in [-0.05, 0) is 55.8 Å². The van der Waals surface area contributed by atoms with E-state index in [4.69, 9.17) is 21.1 Å². The lowest BCUT2D eigenvalue weighted by Gasteiger charge is -2.14. The van der Waals surface area contributed by atoms with Crippen molar-refractivity contribution in [2.24, 2.45) is 0 Å². The van der Waals surface area contributed by atoms with Gasteiger partial charge < -0.3 is 14.8 Å². The number of hydrogen-bond acceptors (Lipinski definition) is 4. The van der Waals surface area contributed by atoms with Gasteiger partial charge in [0.1, 0.15) is 11.6 Å². The molecule has 0 aliphatic carbocycles. The van der Waals surface area contributed by atoms with Gasteiger partial charge in [-0.15, -0.1) is 0 Å². The molecule has 0 bridgehead atoms. The van der Waals surface area contributed by atoms with Crippen molar-refractivity contribution in [1.29, 1.82) is 0 Å². The maximum atomic E-state index is 12.8. The van der Waals surface area contributed by atoms with Gasteiger partial charge in [-0.1, -0.05) is 17.7 Å². The minimum atomic E-state index is -0.939. The minimum Gasteiger partial charge on any atom is -0.479 e. The summed E-state index contributed by atoms with van der Waals surface area (Å²) < 4.78 is 23.1. The summed E-state index contributed by atoms with van der Waals surface area (Å²) in [6.45, 7) is 2.84. The number of amides is 1. The molecule has 7 heteroatoms. The van der Waals surface area contributed by atoms with E-state index < -0.39 is 30.4 Å². The summed E-state index contributed by atoms with van der Waals surface area (Å²) >= 11 is 5.88. The number of aryl methyl sites for hydroxylation is 1. The number of esters is 1. The van der Waals surface area contributed by atoms with Crippen molar-refractivity contribution in [3.63, 3.8) is 0 Å². The summed E-state index contributed by atoms with van der Waals surface area (Å²) in [6, 6.07) is 10.3. The molecule has 2 aromatic rings. The number of nitrogens with one attached hydrogen (secondary N) is 1. The number of anilines is 1. The largest absolute Gasteiger partial charge is 0.479 e. The van der Waals surface area contributed by atoms with Crippen LogP contribution in [0.4, 0.5) is 10.1 Å². The van der Waals surface area contributed by atoms with Crippen molar-refractivity contribution in [3.8, 4) is 5.75 Å². The average Bonchev–Trinajstić information content (AvgIpc) is 2.58. The second-order valence-electron chi connectivity index (χ2n) is 5.33. The fourth-order valence-electron chi connectivity index (χ4n) is 1.93. The van der Waals surface area contributed by atoms with Gasteiger partial charge in [-0.2, -0.15) is 0 Å². The normalized spacial score (nSPS) is 11.5. The third kappa shape index (κ3) is 5.76. The van der Waals surface area contributed by atoms with Crippen LogP contribution in [0.3, 0.4) is 0 Å². The zero-order valence-electron chi connectivity index (χ0n) is 13.7. The molecule has 0 saturated heterocycles. The fraction of sp³-hybridized carbons (Fsp3) is 0.222. The Bertz CT molecular complexity index is 764. The first-order valence-electron chi connectivity index (χ1n) is 7.50. The Balaban J connectivity index is 1.83. The van der Waals surface area contributed by atoms with E-state index in [-0.39, 0.29) is 0 Å². The second kappa shape index (κ2) is 8.48. The van der Waals surface area contributed by atoms with Crippen LogP contribution >= 0.6 is 11.6 Å². The highest BCUT2D eigenvalue weighted by molar-refractivity contribution is 6.31. The van der Waals surface area contributed by atoms with Gasteiger partial charge in [0.15, 0.2) is 12.7 Å². The molecule has 25 heavy (non-hydrogen) atoms. The average molecular weight is 366 g/mol. The molecule has 2 rings (SSSR count). The predicted molar refractivity (Wildman–Crippen MR) is 92.3 cm³/mol. The van der Waals surface area contributed by atoms with E-state index in [2.05, 4.69) is 5.32 Å². The summed E-state index contributed by atoms with van der Waals surface area (Å²) in [5.74, 6) is -1.28. The molecular formula is C18H17ClFNO4. The molecule has 0 fully saturated rings. The first-order valence-corrected chi connectivity index (χ1v) is 7.88. The third-order valence-corrected chi connectivity index (χ3v) is 3.51. The van der Waals surface area contributed by atoms with Gasteiger partial charge in [-0.3, -0.25) is 4.79 Å². The Morgan fingerprint density at radius 2 is 1.88 bits per heavy atom. The number of hydrogen-bond donors (Lipinski definition) is 1. The molecule has 0 unspecified atom stereocenters. The summed E-state index contributed by atoms with van der Waals surface area (Å²) in [5.41, 5.74) is 1.38. The van der Waals surface area contributed by atoms with E-state index in [1.165, 1.54) is 31.2 Å². The van der Waals surface area contributed by atoms with Crippen molar-refractivity contribution in [2.75, 3.05) is 11.9 Å². The Kier molecular flexibility index (Phi) is 6.36. The van der Waals surface area contributed by atoms with Crippen molar-refractivity contribution < 1.29 is 23.5 Å². The summed E-state index contributed by atoms with van der Waals surface area (Å²) in [5, 5.41) is 3.10. The zero-order chi connectivity index (χ0) is 18.4. The molecule has 0 radical (unpaired) electrons. The number of rotatable bonds is 6. The van der Waals surface area contributed by atoms with E-state index in [1.54, 1.807) is 18.2 Å². The Morgan fingerprint density at radius 3 is 2.56 bits per heavy atom. The summed E-state index contributed by atoms with van der Waals surface area (Å²) in [6.07, 6.45) is -0.939. The maximum absolute atomic E-state index is 12.8. The lowest BCUT2D eigenvalue weighted by Crippen LogP contribution is -2.29. The van der Waals surface area contributed by atoms with Gasteiger partial charge in [0.25, 0.3) is 5.91 Å². The first-order chi connectivity index (χ1) is 11.8. The summed E-state index contributed by atoms with van der Waals surface area (Å²) in [7, 11) is 0. The second-order valence-corrected chi connectivity index (χ2v) is 5.77. The highest BCUT2D eigenvalue weighted by atomic mass is 35.5. The highest BCUT2D eigenvalue weighted by Crippen LogP contribution is 2.20. The number of halogens is 2. The standard InChI is InChI=1S/C18H17ClFNO4/c1-11-3-4-13(19)9-16(11)21-17(22)10-24-18(23)12(2)25-15-7-5-14(20)6-8-15/h3-9,12H,10H2,1-2H3,(H,21,22)/t12-/m0/s1. The van der Waals surface area contributed by atoms with Crippen LogP contribution in [0.5, 0.6) is 5.75 Å². The number of ether oxygens (including phenoxy) is 2. The van der Waals surface area contributed by atoms with E-state index >= 15 is 0 Å². The Morgan fingerprint density at radius 1 is 1.20 bits per heavy atom. The minimum absolute atomic E-state index is 0.324. The Hall–Kier alpha value is -2.60. The van der Waals surface area contributed by atoms with Crippen LogP contribution in [0.25, 0.3) is 0 Å². The SMILES string of the molecule is Cc1ccc(Cl)cc1NC(=O)COC(=O)[C@H](C)Oc1ccc(F)cc1. The number of benzene rings is 2. The van der Waals surface area contributed by atoms with Gasteiger partial charge in [-0.25, -0.2) is 9.18 Å². The van der Waals surface area contributed by atoms with Crippen LogP contribution in [0.2, 0.25) is 5.02 Å². The maximum Gasteiger partial charge on any atom is 0.347 e. The van der Waals surface area contributed by atoms with Crippen LogP contribution < -0.4 is 10.1 Å². The molecule has 1 amide bonds. The monoisotopic (exact) mass is 365 g/mol. The van der Waals surface area contributed by atoms with Gasteiger partial charge in [0.05, 0.1) is 0 Å². The topological polar surface area (TPSA) is 64.6 Å². The van der Waals surface area contributed by atoms with E-state index in [1.807, 2.05) is 6.92 Å². The van der Waals surface area contributed by atoms with E-state index in [0.717, 1.165) is 5.56 Å². The number of carbonyl (C=O) groups is 2. The molecule has 132 valence electrons. The smallest absolute Gasteiger partial charge is 0.347 e. The molecule has 0 aliphatic heterocycles. The molecule has 0 spiro atoms. The van der Waals surface area contributed by atoms with Gasteiger partial charge >= 0.3 is 5.97 Å². The van der Waals surface area contributed by atoms with Crippen LogP contribution in [-0.4, -0.2) is 24.6 Å². The molecule has 2 aromatic carbocycles. The quantitative estimate of drug-likeness (QED) is 0.792.